The quantitative estimate of drug-likeness (QED) is 0.0812. The molecule has 0 aromatic heterocycles. The van der Waals surface area contributed by atoms with Crippen LogP contribution in [0.2, 0.25) is 0 Å². The number of ether oxygens (including phenoxy) is 6. The fourth-order valence-corrected chi connectivity index (χ4v) is 7.38. The van der Waals surface area contributed by atoms with E-state index in [4.69, 9.17) is 28.4 Å². The van der Waals surface area contributed by atoms with Gasteiger partial charge in [-0.3, -0.25) is 9.59 Å². The van der Waals surface area contributed by atoms with E-state index in [0.29, 0.717) is 0 Å². The van der Waals surface area contributed by atoms with Gasteiger partial charge in [-0.1, -0.05) is 121 Å². The van der Waals surface area contributed by atoms with Crippen molar-refractivity contribution in [2.45, 2.75) is 122 Å². The SMILES string of the molecule is CCOC(=O)[C@@](CCCC(=O)[C@H]1O[C@H](COCc2ccccc2)[C@@H](OCc2ccccc2)[C@H](OCc2ccccc2)[C@H]1NC(C)=O)(Cc1ccccc1)NC(=O)OC(C)(C)C. The first-order valence-electron chi connectivity index (χ1n) is 21.0. The Balaban J connectivity index is 1.45. The van der Waals surface area contributed by atoms with E-state index in [1.165, 1.54) is 6.92 Å². The van der Waals surface area contributed by atoms with Crippen molar-refractivity contribution in [2.24, 2.45) is 0 Å². The molecule has 12 nitrogen and oxygen atoms in total. The highest BCUT2D eigenvalue weighted by molar-refractivity contribution is 5.87. The van der Waals surface area contributed by atoms with Crippen LogP contribution in [0.3, 0.4) is 0 Å². The number of hydrogen-bond acceptors (Lipinski definition) is 10. The van der Waals surface area contributed by atoms with Gasteiger partial charge in [0.25, 0.3) is 0 Å². The number of hydrogen-bond donors (Lipinski definition) is 2. The molecule has 1 aliphatic heterocycles. The van der Waals surface area contributed by atoms with Crippen LogP contribution in [-0.2, 0) is 69.0 Å². The van der Waals surface area contributed by atoms with E-state index in [1.807, 2.05) is 121 Å². The molecule has 0 spiro atoms. The molecule has 0 unspecified atom stereocenters. The lowest BCUT2D eigenvalue weighted by atomic mass is 9.84. The van der Waals surface area contributed by atoms with Crippen molar-refractivity contribution in [2.75, 3.05) is 13.2 Å². The molecule has 0 bridgehead atoms. The molecule has 4 aromatic rings. The zero-order valence-corrected chi connectivity index (χ0v) is 35.9. The minimum Gasteiger partial charge on any atom is -0.464 e. The third-order valence-corrected chi connectivity index (χ3v) is 10.1. The summed E-state index contributed by atoms with van der Waals surface area (Å²) in [5, 5.41) is 5.81. The van der Waals surface area contributed by atoms with Crippen LogP contribution in [0.15, 0.2) is 121 Å². The predicted molar refractivity (Wildman–Crippen MR) is 230 cm³/mol. The van der Waals surface area contributed by atoms with E-state index in [9.17, 15) is 19.2 Å². The maximum atomic E-state index is 14.6. The summed E-state index contributed by atoms with van der Waals surface area (Å²) >= 11 is 0. The molecule has 4 aromatic carbocycles. The number of Topliss-reactive ketones (excluding diaryl/α,β-unsaturated/α-hetero) is 1. The number of ketones is 1. The van der Waals surface area contributed by atoms with Crippen LogP contribution in [-0.4, -0.2) is 78.6 Å². The van der Waals surface area contributed by atoms with Crippen LogP contribution in [0.1, 0.15) is 76.1 Å². The van der Waals surface area contributed by atoms with Crippen molar-refractivity contribution in [3.05, 3.63) is 144 Å². The van der Waals surface area contributed by atoms with Crippen LogP contribution < -0.4 is 10.6 Å². The molecule has 2 N–H and O–H groups in total. The van der Waals surface area contributed by atoms with Crippen molar-refractivity contribution in [3.63, 3.8) is 0 Å². The smallest absolute Gasteiger partial charge is 0.408 e. The molecule has 1 fully saturated rings. The second-order valence-corrected chi connectivity index (χ2v) is 16.3. The molecule has 1 heterocycles. The molecule has 0 radical (unpaired) electrons. The number of nitrogens with one attached hydrogen (secondary N) is 2. The third-order valence-electron chi connectivity index (χ3n) is 10.1. The number of carbonyl (C=O) groups excluding carboxylic acids is 4. The molecule has 326 valence electrons. The molecule has 1 aliphatic rings. The second-order valence-electron chi connectivity index (χ2n) is 16.3. The molecule has 5 rings (SSSR count). The summed E-state index contributed by atoms with van der Waals surface area (Å²) < 4.78 is 37.4. The molecule has 6 atom stereocenters. The fraction of sp³-hybridized carbons (Fsp3) is 0.429. The van der Waals surface area contributed by atoms with Gasteiger partial charge >= 0.3 is 12.1 Å². The highest BCUT2D eigenvalue weighted by Gasteiger charge is 2.51. The largest absolute Gasteiger partial charge is 0.464 e. The summed E-state index contributed by atoms with van der Waals surface area (Å²) in [7, 11) is 0. The second kappa shape index (κ2) is 23.0. The number of amides is 2. The maximum absolute atomic E-state index is 14.6. The summed E-state index contributed by atoms with van der Waals surface area (Å²) in [5.41, 5.74) is 1.13. The zero-order valence-electron chi connectivity index (χ0n) is 35.9. The molecular formula is C49H60N2O10. The van der Waals surface area contributed by atoms with E-state index in [0.717, 1.165) is 22.3 Å². The van der Waals surface area contributed by atoms with Gasteiger partial charge in [-0.25, -0.2) is 9.59 Å². The van der Waals surface area contributed by atoms with Gasteiger partial charge in [0.1, 0.15) is 35.6 Å². The third kappa shape index (κ3) is 14.6. The molecular weight excluding hydrogens is 777 g/mol. The lowest BCUT2D eigenvalue weighted by Crippen LogP contribution is -2.67. The van der Waals surface area contributed by atoms with Crippen molar-refractivity contribution >= 4 is 23.8 Å². The molecule has 61 heavy (non-hydrogen) atoms. The lowest BCUT2D eigenvalue weighted by Gasteiger charge is -2.46. The Bertz CT molecular complexity index is 1960. The summed E-state index contributed by atoms with van der Waals surface area (Å²) in [5.74, 6) is -1.37. The van der Waals surface area contributed by atoms with E-state index in [-0.39, 0.29) is 70.4 Å². The van der Waals surface area contributed by atoms with Crippen molar-refractivity contribution in [1.29, 1.82) is 0 Å². The van der Waals surface area contributed by atoms with Crippen LogP contribution in [0, 0.1) is 0 Å². The van der Waals surface area contributed by atoms with E-state index < -0.39 is 53.7 Å². The van der Waals surface area contributed by atoms with Crippen LogP contribution in [0.4, 0.5) is 4.79 Å². The van der Waals surface area contributed by atoms with Crippen molar-refractivity contribution in [3.8, 4) is 0 Å². The Kier molecular flexibility index (Phi) is 17.6. The van der Waals surface area contributed by atoms with E-state index in [2.05, 4.69) is 10.6 Å². The van der Waals surface area contributed by atoms with Crippen molar-refractivity contribution < 1.29 is 47.6 Å². The Morgan fingerprint density at radius 1 is 0.689 bits per heavy atom. The fourth-order valence-electron chi connectivity index (χ4n) is 7.38. The van der Waals surface area contributed by atoms with Crippen molar-refractivity contribution in [1.82, 2.24) is 10.6 Å². The average Bonchev–Trinajstić information content (AvgIpc) is 3.23. The standard InChI is InChI=1S/C49H60N2O10/c1-6-57-46(54)49(30-36-20-11-7-12-21-36,51-47(55)61-48(3,4)5)29-19-28-40(53)43-42(50-35(2)52)45(59-33-39-26-17-10-18-27-39)44(58-32-38-24-15-9-16-25-38)41(60-43)34-56-31-37-22-13-8-14-23-37/h7-18,20-27,41-45H,6,19,28-34H2,1-5H3,(H,50,52)(H,51,55)/t41-,42+,43-,44-,45-,49-/m1/s1. The first kappa shape index (κ1) is 46.7. The Hall–Kier alpha value is -5.40. The molecule has 1 saturated heterocycles. The number of carbonyl (C=O) groups is 4. The summed E-state index contributed by atoms with van der Waals surface area (Å²) in [4.78, 5) is 54.8. The molecule has 2 amide bonds. The monoisotopic (exact) mass is 836 g/mol. The van der Waals surface area contributed by atoms with Crippen LogP contribution >= 0.6 is 0 Å². The minimum atomic E-state index is -1.57. The van der Waals surface area contributed by atoms with Gasteiger partial charge < -0.3 is 39.1 Å². The minimum absolute atomic E-state index is 0.0313. The van der Waals surface area contributed by atoms with Gasteiger partial charge in [0.05, 0.1) is 39.1 Å². The number of rotatable bonds is 21. The van der Waals surface area contributed by atoms with E-state index in [1.54, 1.807) is 27.7 Å². The van der Waals surface area contributed by atoms with Gasteiger partial charge in [-0.2, -0.15) is 0 Å². The molecule has 0 saturated carbocycles. The highest BCUT2D eigenvalue weighted by Crippen LogP contribution is 2.31. The van der Waals surface area contributed by atoms with Gasteiger partial charge in [-0.15, -0.1) is 0 Å². The topological polar surface area (TPSA) is 148 Å². The normalized spacial score (nSPS) is 19.9. The summed E-state index contributed by atoms with van der Waals surface area (Å²) in [6.07, 6.45) is -4.21. The summed E-state index contributed by atoms with van der Waals surface area (Å²) in [6.45, 7) is 9.07. The maximum Gasteiger partial charge on any atom is 0.408 e. The molecule has 12 heteroatoms. The number of benzene rings is 4. The molecule has 0 aliphatic carbocycles. The van der Waals surface area contributed by atoms with Gasteiger partial charge in [0.15, 0.2) is 5.78 Å². The van der Waals surface area contributed by atoms with Crippen LogP contribution in [0.5, 0.6) is 0 Å². The van der Waals surface area contributed by atoms with E-state index >= 15 is 0 Å². The van der Waals surface area contributed by atoms with Gasteiger partial charge in [-0.05, 0) is 62.8 Å². The predicted octanol–water partition coefficient (Wildman–Crippen LogP) is 7.45. The Morgan fingerprint density at radius 2 is 1.20 bits per heavy atom. The first-order valence-corrected chi connectivity index (χ1v) is 21.0. The highest BCUT2D eigenvalue weighted by atomic mass is 16.6. The number of alkyl carbamates (subject to hydrolysis) is 1. The average molecular weight is 837 g/mol. The first-order chi connectivity index (χ1) is 29.4. The number of esters is 1. The Labute approximate surface area is 359 Å². The zero-order chi connectivity index (χ0) is 43.7. The van der Waals surface area contributed by atoms with Gasteiger partial charge in [0.2, 0.25) is 5.91 Å². The lowest BCUT2D eigenvalue weighted by molar-refractivity contribution is -0.230. The Morgan fingerprint density at radius 3 is 1.70 bits per heavy atom. The summed E-state index contributed by atoms with van der Waals surface area (Å²) in [6, 6.07) is 37.3. The van der Waals surface area contributed by atoms with Gasteiger partial charge in [0, 0.05) is 19.8 Å². The van der Waals surface area contributed by atoms with Crippen LogP contribution in [0.25, 0.3) is 0 Å².